The van der Waals surface area contributed by atoms with Crippen molar-refractivity contribution in [2.45, 2.75) is 13.8 Å². The Hall–Kier alpha value is -3.19. The van der Waals surface area contributed by atoms with Gasteiger partial charge in [-0.05, 0) is 37.4 Å². The molecule has 0 saturated carbocycles. The Morgan fingerprint density at radius 3 is 2.57 bits per heavy atom. The van der Waals surface area contributed by atoms with Gasteiger partial charge in [0.2, 0.25) is 0 Å². The van der Waals surface area contributed by atoms with E-state index in [2.05, 4.69) is 34.4 Å². The first kappa shape index (κ1) is 19.6. The molecule has 0 spiro atoms. The number of fused-ring (bicyclic) bond motifs is 1. The molecular formula is C21H24N4O3. The maximum Gasteiger partial charge on any atom is 0.261 e. The van der Waals surface area contributed by atoms with Gasteiger partial charge in [-0.3, -0.25) is 14.4 Å². The number of aromatic amines is 1. The molecular weight excluding hydrogens is 356 g/mol. The van der Waals surface area contributed by atoms with Gasteiger partial charge in [0.15, 0.2) is 0 Å². The number of pyridine rings is 1. The number of amides is 2. The van der Waals surface area contributed by atoms with Gasteiger partial charge in [-0.25, -0.2) is 0 Å². The van der Waals surface area contributed by atoms with Crippen LogP contribution in [0, 0.1) is 0 Å². The molecule has 28 heavy (non-hydrogen) atoms. The summed E-state index contributed by atoms with van der Waals surface area (Å²) in [6, 6.07) is 10.5. The molecule has 0 atom stereocenters. The molecule has 3 N–H and O–H groups in total. The first-order valence-corrected chi connectivity index (χ1v) is 9.39. The molecule has 7 nitrogen and oxygen atoms in total. The summed E-state index contributed by atoms with van der Waals surface area (Å²) in [5.74, 6) is -0.628. The van der Waals surface area contributed by atoms with Crippen molar-refractivity contribution in [2.75, 3.05) is 31.5 Å². The second-order valence-corrected chi connectivity index (χ2v) is 6.50. The van der Waals surface area contributed by atoms with Crippen molar-refractivity contribution in [3.8, 4) is 0 Å². The van der Waals surface area contributed by atoms with Gasteiger partial charge < -0.3 is 20.5 Å². The van der Waals surface area contributed by atoms with Gasteiger partial charge in [0.05, 0.1) is 5.57 Å². The van der Waals surface area contributed by atoms with E-state index in [1.807, 2.05) is 24.3 Å². The van der Waals surface area contributed by atoms with Crippen LogP contribution in [0.4, 0.5) is 5.69 Å². The SMILES string of the molecule is CCN(CC)CCNC(=O)c1ccc(/C=C2\C(=O)Nc3ccccc32)[nH]c1=O. The quantitative estimate of drug-likeness (QED) is 0.640. The maximum atomic E-state index is 12.3. The van der Waals surface area contributed by atoms with Crippen molar-refractivity contribution in [3.63, 3.8) is 0 Å². The van der Waals surface area contributed by atoms with Crippen molar-refractivity contribution in [3.05, 3.63) is 63.6 Å². The summed E-state index contributed by atoms with van der Waals surface area (Å²) in [5.41, 5.74) is 2.03. The van der Waals surface area contributed by atoms with Gasteiger partial charge in [0.25, 0.3) is 17.4 Å². The van der Waals surface area contributed by atoms with Crippen LogP contribution in [0.5, 0.6) is 0 Å². The number of nitrogens with zero attached hydrogens (tertiary/aromatic N) is 1. The van der Waals surface area contributed by atoms with E-state index in [9.17, 15) is 14.4 Å². The third-order valence-corrected chi connectivity index (χ3v) is 4.79. The number of anilines is 1. The number of H-pyrrole nitrogens is 1. The van der Waals surface area contributed by atoms with E-state index in [0.717, 1.165) is 30.9 Å². The number of benzene rings is 1. The average Bonchev–Trinajstić information content (AvgIpc) is 3.00. The fourth-order valence-electron chi connectivity index (χ4n) is 3.15. The molecule has 2 heterocycles. The Morgan fingerprint density at radius 2 is 1.86 bits per heavy atom. The molecule has 0 unspecified atom stereocenters. The molecule has 1 aliphatic heterocycles. The average molecular weight is 380 g/mol. The standard InChI is InChI=1S/C21H24N4O3/c1-3-25(4-2)12-11-22-19(26)16-10-9-14(23-20(16)27)13-17-15-7-5-6-8-18(15)24-21(17)28/h5-10,13H,3-4,11-12H2,1-2H3,(H,22,26)(H,23,27)(H,24,28)/b17-13-. The van der Waals surface area contributed by atoms with E-state index in [0.29, 0.717) is 17.8 Å². The number of nitrogens with one attached hydrogen (secondary N) is 3. The van der Waals surface area contributed by atoms with Crippen molar-refractivity contribution in [1.82, 2.24) is 15.2 Å². The largest absolute Gasteiger partial charge is 0.351 e. The molecule has 3 rings (SSSR count). The third kappa shape index (κ3) is 4.20. The lowest BCUT2D eigenvalue weighted by Gasteiger charge is -2.17. The van der Waals surface area contributed by atoms with E-state index >= 15 is 0 Å². The number of rotatable bonds is 7. The monoisotopic (exact) mass is 380 g/mol. The lowest BCUT2D eigenvalue weighted by atomic mass is 10.1. The lowest BCUT2D eigenvalue weighted by Crippen LogP contribution is -2.36. The summed E-state index contributed by atoms with van der Waals surface area (Å²) in [4.78, 5) is 41.6. The van der Waals surface area contributed by atoms with Crippen LogP contribution >= 0.6 is 0 Å². The Balaban J connectivity index is 1.74. The first-order chi connectivity index (χ1) is 13.5. The molecule has 1 aromatic heterocycles. The number of aromatic nitrogens is 1. The van der Waals surface area contributed by atoms with Crippen LogP contribution in [0.1, 0.15) is 35.5 Å². The Morgan fingerprint density at radius 1 is 1.11 bits per heavy atom. The van der Waals surface area contributed by atoms with Crippen molar-refractivity contribution in [1.29, 1.82) is 0 Å². The van der Waals surface area contributed by atoms with Crippen LogP contribution < -0.4 is 16.2 Å². The number of hydrogen-bond donors (Lipinski definition) is 3. The Labute approximate surface area is 163 Å². The highest BCUT2D eigenvalue weighted by Crippen LogP contribution is 2.32. The van der Waals surface area contributed by atoms with Gasteiger partial charge in [0.1, 0.15) is 5.56 Å². The highest BCUT2D eigenvalue weighted by Gasteiger charge is 2.23. The zero-order valence-corrected chi connectivity index (χ0v) is 16.0. The van der Waals surface area contributed by atoms with Crippen LogP contribution in [0.15, 0.2) is 41.2 Å². The molecule has 0 aliphatic carbocycles. The highest BCUT2D eigenvalue weighted by molar-refractivity contribution is 6.34. The second kappa shape index (κ2) is 8.67. The van der Waals surface area contributed by atoms with E-state index in [-0.39, 0.29) is 11.5 Å². The first-order valence-electron chi connectivity index (χ1n) is 9.39. The molecule has 0 bridgehead atoms. The van der Waals surface area contributed by atoms with Gasteiger partial charge in [0, 0.05) is 30.0 Å². The predicted octanol–water partition coefficient (Wildman–Crippen LogP) is 1.94. The van der Waals surface area contributed by atoms with Crippen LogP contribution in [-0.2, 0) is 4.79 Å². The molecule has 7 heteroatoms. The van der Waals surface area contributed by atoms with E-state index in [4.69, 9.17) is 0 Å². The number of para-hydroxylation sites is 1. The molecule has 0 saturated heterocycles. The third-order valence-electron chi connectivity index (χ3n) is 4.79. The summed E-state index contributed by atoms with van der Waals surface area (Å²) in [5, 5.41) is 5.56. The van der Waals surface area contributed by atoms with Crippen molar-refractivity contribution in [2.24, 2.45) is 0 Å². The molecule has 146 valence electrons. The molecule has 1 aromatic carbocycles. The minimum absolute atomic E-state index is 0.0537. The fourth-order valence-corrected chi connectivity index (χ4v) is 3.15. The van der Waals surface area contributed by atoms with Gasteiger partial charge in [-0.2, -0.15) is 0 Å². The van der Waals surface area contributed by atoms with E-state index < -0.39 is 11.5 Å². The fraction of sp³-hybridized carbons (Fsp3) is 0.286. The van der Waals surface area contributed by atoms with Gasteiger partial charge >= 0.3 is 0 Å². The number of carbonyl (C=O) groups excluding carboxylic acids is 2. The molecule has 0 fully saturated rings. The summed E-state index contributed by atoms with van der Waals surface area (Å²) in [6.45, 7) is 7.15. The minimum atomic E-state index is -0.485. The lowest BCUT2D eigenvalue weighted by molar-refractivity contribution is -0.110. The molecule has 2 aromatic rings. The number of carbonyl (C=O) groups is 2. The van der Waals surface area contributed by atoms with E-state index in [1.54, 1.807) is 12.1 Å². The summed E-state index contributed by atoms with van der Waals surface area (Å²) in [6.07, 6.45) is 1.62. The smallest absolute Gasteiger partial charge is 0.261 e. The predicted molar refractivity (Wildman–Crippen MR) is 110 cm³/mol. The number of likely N-dealkylation sites (N-methyl/N-ethyl adjacent to an activating group) is 1. The number of hydrogen-bond acceptors (Lipinski definition) is 4. The zero-order valence-electron chi connectivity index (χ0n) is 16.0. The Bertz CT molecular complexity index is 974. The highest BCUT2D eigenvalue weighted by atomic mass is 16.2. The maximum absolute atomic E-state index is 12.3. The summed E-state index contributed by atoms with van der Waals surface area (Å²) < 4.78 is 0. The molecule has 1 aliphatic rings. The summed E-state index contributed by atoms with van der Waals surface area (Å²) in [7, 11) is 0. The Kier molecular flexibility index (Phi) is 6.06. The normalized spacial score (nSPS) is 14.2. The topological polar surface area (TPSA) is 94.3 Å². The van der Waals surface area contributed by atoms with Gasteiger partial charge in [-0.15, -0.1) is 0 Å². The van der Waals surface area contributed by atoms with Crippen LogP contribution in [0.2, 0.25) is 0 Å². The van der Waals surface area contributed by atoms with Crippen LogP contribution in [-0.4, -0.2) is 47.9 Å². The minimum Gasteiger partial charge on any atom is -0.351 e. The van der Waals surface area contributed by atoms with Crippen molar-refractivity contribution < 1.29 is 9.59 Å². The molecule has 0 radical (unpaired) electrons. The van der Waals surface area contributed by atoms with Crippen LogP contribution in [0.25, 0.3) is 11.6 Å². The van der Waals surface area contributed by atoms with Gasteiger partial charge in [-0.1, -0.05) is 32.0 Å². The van der Waals surface area contributed by atoms with Crippen LogP contribution in [0.3, 0.4) is 0 Å². The van der Waals surface area contributed by atoms with E-state index in [1.165, 1.54) is 6.07 Å². The van der Waals surface area contributed by atoms with Crippen molar-refractivity contribution >= 4 is 29.2 Å². The second-order valence-electron chi connectivity index (χ2n) is 6.50. The molecule has 2 amide bonds. The zero-order chi connectivity index (χ0) is 20.1. The summed E-state index contributed by atoms with van der Waals surface area (Å²) >= 11 is 0.